The number of fused-ring (bicyclic) bond motifs is 2. The van der Waals surface area contributed by atoms with Gasteiger partial charge in [-0.2, -0.15) is 0 Å². The Bertz CT molecular complexity index is 1380. The molecule has 5 rings (SSSR count). The Kier molecular flexibility index (Phi) is 4.55. The fourth-order valence-electron chi connectivity index (χ4n) is 3.74. The van der Waals surface area contributed by atoms with Crippen LogP contribution in [0.3, 0.4) is 0 Å². The Labute approximate surface area is 179 Å². The molecule has 2 aromatic heterocycles. The van der Waals surface area contributed by atoms with Crippen molar-refractivity contribution in [3.63, 3.8) is 0 Å². The highest BCUT2D eigenvalue weighted by Gasteiger charge is 2.30. The molecule has 0 unspecified atom stereocenters. The molecule has 0 spiro atoms. The molecule has 0 N–H and O–H groups in total. The summed E-state index contributed by atoms with van der Waals surface area (Å²) in [7, 11) is -0.344. The molecule has 1 aliphatic heterocycles. The number of nitrogens with zero attached hydrogens (tertiary/aromatic N) is 4. The second kappa shape index (κ2) is 7.28. The summed E-state index contributed by atoms with van der Waals surface area (Å²) in [5.74, 6) is 0.522. The van der Waals surface area contributed by atoms with Crippen LogP contribution in [0.1, 0.15) is 0 Å². The topological polar surface area (TPSA) is 86.6 Å². The first-order valence-electron chi connectivity index (χ1n) is 9.68. The first-order chi connectivity index (χ1) is 15.0. The molecule has 158 valence electrons. The molecular weight excluding hydrogens is 416 g/mol. The summed E-state index contributed by atoms with van der Waals surface area (Å²) in [6.45, 7) is 0.509. The summed E-state index contributed by atoms with van der Waals surface area (Å²) in [5, 5.41) is 0.876. The van der Waals surface area contributed by atoms with Crippen molar-refractivity contribution in [1.82, 2.24) is 14.5 Å². The van der Waals surface area contributed by atoms with Crippen molar-refractivity contribution in [3.8, 4) is 22.9 Å². The maximum Gasteiger partial charge on any atom is 0.316 e. The maximum absolute atomic E-state index is 13.6. The lowest BCUT2D eigenvalue weighted by Gasteiger charge is -2.31. The predicted molar refractivity (Wildman–Crippen MR) is 117 cm³/mol. The first kappa shape index (κ1) is 19.4. The minimum atomic E-state index is -3.77. The van der Waals surface area contributed by atoms with Gasteiger partial charge in [-0.1, -0.05) is 6.07 Å². The number of anilines is 1. The number of benzene rings is 2. The van der Waals surface area contributed by atoms with Crippen LogP contribution in [-0.4, -0.2) is 43.2 Å². The summed E-state index contributed by atoms with van der Waals surface area (Å²) >= 11 is 0. The average Bonchev–Trinajstić information content (AvgIpc) is 3.18. The molecule has 4 aromatic rings. The average molecular weight is 436 g/mol. The van der Waals surface area contributed by atoms with Crippen LogP contribution < -0.4 is 13.8 Å². The molecule has 0 saturated carbocycles. The smallest absolute Gasteiger partial charge is 0.316 e. The molecule has 9 heteroatoms. The van der Waals surface area contributed by atoms with E-state index in [1.807, 2.05) is 36.0 Å². The van der Waals surface area contributed by atoms with E-state index in [1.165, 1.54) is 11.4 Å². The molecule has 0 aliphatic carbocycles. The Hall–Kier alpha value is -3.59. The lowest BCUT2D eigenvalue weighted by Crippen LogP contribution is -2.37. The van der Waals surface area contributed by atoms with Crippen molar-refractivity contribution in [2.75, 3.05) is 24.6 Å². The number of sulfonamides is 1. The monoisotopic (exact) mass is 436 g/mol. The van der Waals surface area contributed by atoms with Crippen LogP contribution in [0.15, 0.2) is 66.0 Å². The van der Waals surface area contributed by atoms with Gasteiger partial charge in [-0.3, -0.25) is 4.31 Å². The summed E-state index contributed by atoms with van der Waals surface area (Å²) in [6, 6.07) is 12.8. The van der Waals surface area contributed by atoms with Crippen LogP contribution in [0.25, 0.3) is 22.0 Å². The highest BCUT2D eigenvalue weighted by Crippen LogP contribution is 2.38. The van der Waals surface area contributed by atoms with E-state index in [0.717, 1.165) is 22.0 Å². The van der Waals surface area contributed by atoms with Crippen molar-refractivity contribution in [2.45, 2.75) is 4.90 Å². The van der Waals surface area contributed by atoms with Gasteiger partial charge in [0.15, 0.2) is 0 Å². The largest absolute Gasteiger partial charge is 0.489 e. The summed E-state index contributed by atoms with van der Waals surface area (Å²) in [6.07, 6.45) is 5.19. The van der Waals surface area contributed by atoms with E-state index in [2.05, 4.69) is 9.97 Å². The fraction of sp³-hybridized carbons (Fsp3) is 0.182. The SMILES string of the molecule is COc1ncc(-c2ccc3c(c2)N(S(=O)(=O)c2ccc4c(ccn4C)c2)CCO3)cn1. The van der Waals surface area contributed by atoms with Gasteiger partial charge in [0.05, 0.1) is 24.2 Å². The summed E-state index contributed by atoms with van der Waals surface area (Å²) in [4.78, 5) is 8.51. The number of aryl methyl sites for hydroxylation is 1. The second-order valence-corrected chi connectivity index (χ2v) is 9.08. The third-order valence-electron chi connectivity index (χ3n) is 5.37. The van der Waals surface area contributed by atoms with Gasteiger partial charge >= 0.3 is 6.01 Å². The van der Waals surface area contributed by atoms with Crippen LogP contribution in [-0.2, 0) is 17.1 Å². The zero-order valence-corrected chi connectivity index (χ0v) is 17.8. The van der Waals surface area contributed by atoms with E-state index in [0.29, 0.717) is 11.4 Å². The van der Waals surface area contributed by atoms with Gasteiger partial charge in [-0.05, 0) is 42.0 Å². The number of ether oxygens (including phenoxy) is 2. The van der Waals surface area contributed by atoms with Gasteiger partial charge in [0.25, 0.3) is 10.0 Å². The van der Waals surface area contributed by atoms with Crippen LogP contribution in [0.2, 0.25) is 0 Å². The van der Waals surface area contributed by atoms with E-state index in [4.69, 9.17) is 9.47 Å². The normalized spacial score (nSPS) is 13.7. The van der Waals surface area contributed by atoms with E-state index in [-0.39, 0.29) is 24.1 Å². The second-order valence-electron chi connectivity index (χ2n) is 7.21. The molecule has 2 aromatic carbocycles. The Morgan fingerprint density at radius 2 is 1.84 bits per heavy atom. The van der Waals surface area contributed by atoms with Gasteiger partial charge in [0, 0.05) is 42.1 Å². The number of methoxy groups -OCH3 is 1. The molecule has 1 aliphatic rings. The third kappa shape index (κ3) is 3.27. The van der Waals surface area contributed by atoms with Gasteiger partial charge in [0.2, 0.25) is 0 Å². The van der Waals surface area contributed by atoms with Gasteiger partial charge in [-0.25, -0.2) is 18.4 Å². The molecule has 8 nitrogen and oxygen atoms in total. The van der Waals surface area contributed by atoms with Gasteiger partial charge in [0.1, 0.15) is 12.4 Å². The predicted octanol–water partition coefficient (Wildman–Crippen LogP) is 3.23. The molecule has 31 heavy (non-hydrogen) atoms. The van der Waals surface area contributed by atoms with Crippen molar-refractivity contribution in [3.05, 3.63) is 61.1 Å². The van der Waals surface area contributed by atoms with Crippen LogP contribution >= 0.6 is 0 Å². The lowest BCUT2D eigenvalue weighted by atomic mass is 10.1. The molecule has 3 heterocycles. The van der Waals surface area contributed by atoms with Crippen LogP contribution in [0.5, 0.6) is 11.8 Å². The molecule has 0 radical (unpaired) electrons. The number of aromatic nitrogens is 3. The van der Waals surface area contributed by atoms with Crippen molar-refractivity contribution in [2.24, 2.45) is 7.05 Å². The van der Waals surface area contributed by atoms with Crippen molar-refractivity contribution in [1.29, 1.82) is 0 Å². The van der Waals surface area contributed by atoms with Crippen LogP contribution in [0, 0.1) is 0 Å². The molecular formula is C22H20N4O4S. The number of hydrogen-bond donors (Lipinski definition) is 0. The number of hydrogen-bond acceptors (Lipinski definition) is 6. The molecule has 0 atom stereocenters. The maximum atomic E-state index is 13.6. The Morgan fingerprint density at radius 3 is 2.61 bits per heavy atom. The highest BCUT2D eigenvalue weighted by atomic mass is 32.2. The zero-order valence-electron chi connectivity index (χ0n) is 17.0. The van der Waals surface area contributed by atoms with E-state index < -0.39 is 10.0 Å². The van der Waals surface area contributed by atoms with Crippen molar-refractivity contribution < 1.29 is 17.9 Å². The standard InChI is InChI=1S/C22H20N4O4S/c1-25-8-7-16-11-18(4-5-19(16)25)31(27,28)26-9-10-30-21-6-3-15(12-20(21)26)17-13-23-22(29-2)24-14-17/h3-8,11-14H,9-10H2,1-2H3. The van der Waals surface area contributed by atoms with E-state index in [9.17, 15) is 8.42 Å². The third-order valence-corrected chi connectivity index (χ3v) is 7.18. The Morgan fingerprint density at radius 1 is 1.03 bits per heavy atom. The molecule has 0 saturated heterocycles. The molecule has 0 bridgehead atoms. The van der Waals surface area contributed by atoms with Crippen LogP contribution in [0.4, 0.5) is 5.69 Å². The fourth-order valence-corrected chi connectivity index (χ4v) is 5.23. The molecule has 0 fully saturated rings. The summed E-state index contributed by atoms with van der Waals surface area (Å²) in [5.41, 5.74) is 3.00. The Balaban J connectivity index is 1.57. The quantitative estimate of drug-likeness (QED) is 0.488. The highest BCUT2D eigenvalue weighted by molar-refractivity contribution is 7.92. The molecule has 0 amide bonds. The summed E-state index contributed by atoms with van der Waals surface area (Å²) < 4.78 is 41.2. The number of rotatable bonds is 4. The minimum absolute atomic E-state index is 0.227. The van der Waals surface area contributed by atoms with Gasteiger partial charge in [-0.15, -0.1) is 0 Å². The van der Waals surface area contributed by atoms with E-state index >= 15 is 0 Å². The van der Waals surface area contributed by atoms with Gasteiger partial charge < -0.3 is 14.0 Å². The lowest BCUT2D eigenvalue weighted by molar-refractivity contribution is 0.316. The zero-order chi connectivity index (χ0) is 21.6. The van der Waals surface area contributed by atoms with Crippen molar-refractivity contribution >= 4 is 26.6 Å². The minimum Gasteiger partial charge on any atom is -0.489 e. The van der Waals surface area contributed by atoms with E-state index in [1.54, 1.807) is 36.7 Å². The first-order valence-corrected chi connectivity index (χ1v) is 11.1.